The summed E-state index contributed by atoms with van der Waals surface area (Å²) in [7, 11) is 1.46. The van der Waals surface area contributed by atoms with Gasteiger partial charge in [-0.05, 0) is 36.8 Å². The van der Waals surface area contributed by atoms with Crippen molar-refractivity contribution in [2.45, 2.75) is 51.0 Å². The standard InChI is InChI=1S/C16H25NO2S/c1-19-16(18)11-14(15-9-6-10-20-15)17-12-13-7-4-2-3-5-8-13/h6,9-10,13-14,17H,2-5,7-8,11-12H2,1H3. The zero-order valence-electron chi connectivity index (χ0n) is 12.3. The second-order valence-electron chi connectivity index (χ2n) is 5.61. The normalized spacial score (nSPS) is 18.4. The molecule has 0 radical (unpaired) electrons. The third kappa shape index (κ3) is 4.91. The molecule has 0 amide bonds. The highest BCUT2D eigenvalue weighted by Gasteiger charge is 2.19. The summed E-state index contributed by atoms with van der Waals surface area (Å²) in [6.45, 7) is 1.01. The molecule has 3 nitrogen and oxygen atoms in total. The quantitative estimate of drug-likeness (QED) is 0.638. The zero-order chi connectivity index (χ0) is 14.2. The summed E-state index contributed by atoms with van der Waals surface area (Å²) in [4.78, 5) is 12.8. The second kappa shape index (κ2) is 8.42. The Morgan fingerprint density at radius 2 is 2.15 bits per heavy atom. The van der Waals surface area contributed by atoms with Crippen LogP contribution in [-0.4, -0.2) is 19.6 Å². The molecule has 0 spiro atoms. The summed E-state index contributed by atoms with van der Waals surface area (Å²) in [6.07, 6.45) is 8.54. The minimum absolute atomic E-state index is 0.103. The number of ether oxygens (including phenoxy) is 1. The van der Waals surface area contributed by atoms with E-state index >= 15 is 0 Å². The van der Waals surface area contributed by atoms with E-state index in [9.17, 15) is 4.79 Å². The predicted octanol–water partition coefficient (Wildman–Crippen LogP) is 3.91. The molecule has 4 heteroatoms. The lowest BCUT2D eigenvalue weighted by atomic mass is 9.99. The lowest BCUT2D eigenvalue weighted by Crippen LogP contribution is -2.28. The maximum Gasteiger partial charge on any atom is 0.307 e. The number of rotatable bonds is 6. The molecular formula is C16H25NO2S. The van der Waals surface area contributed by atoms with E-state index in [0.29, 0.717) is 6.42 Å². The van der Waals surface area contributed by atoms with E-state index in [1.165, 1.54) is 50.5 Å². The Hall–Kier alpha value is -0.870. The lowest BCUT2D eigenvalue weighted by molar-refractivity contribution is -0.141. The molecule has 20 heavy (non-hydrogen) atoms. The van der Waals surface area contributed by atoms with Crippen LogP contribution in [0.2, 0.25) is 0 Å². The van der Waals surface area contributed by atoms with Crippen LogP contribution in [0.3, 0.4) is 0 Å². The topological polar surface area (TPSA) is 38.3 Å². The molecule has 1 aromatic heterocycles. The summed E-state index contributed by atoms with van der Waals surface area (Å²) in [5.74, 6) is 0.620. The van der Waals surface area contributed by atoms with E-state index in [1.54, 1.807) is 11.3 Å². The highest BCUT2D eigenvalue weighted by Crippen LogP contribution is 2.26. The fourth-order valence-electron chi connectivity index (χ4n) is 2.89. The van der Waals surface area contributed by atoms with Gasteiger partial charge in [-0.1, -0.05) is 31.7 Å². The van der Waals surface area contributed by atoms with Gasteiger partial charge in [0.2, 0.25) is 0 Å². The van der Waals surface area contributed by atoms with E-state index in [0.717, 1.165) is 12.5 Å². The fourth-order valence-corrected chi connectivity index (χ4v) is 3.69. The van der Waals surface area contributed by atoms with Gasteiger partial charge in [0, 0.05) is 4.88 Å². The van der Waals surface area contributed by atoms with Gasteiger partial charge in [0.1, 0.15) is 0 Å². The molecule has 1 aliphatic rings. The first-order valence-corrected chi connectivity index (χ1v) is 8.51. The Kier molecular flexibility index (Phi) is 6.54. The molecule has 0 bridgehead atoms. The van der Waals surface area contributed by atoms with Crippen molar-refractivity contribution in [2.24, 2.45) is 5.92 Å². The third-order valence-corrected chi connectivity index (χ3v) is 5.10. The van der Waals surface area contributed by atoms with Crippen LogP contribution in [0.15, 0.2) is 17.5 Å². The summed E-state index contributed by atoms with van der Waals surface area (Å²) in [5.41, 5.74) is 0. The number of hydrogen-bond acceptors (Lipinski definition) is 4. The van der Waals surface area contributed by atoms with Crippen molar-refractivity contribution >= 4 is 17.3 Å². The van der Waals surface area contributed by atoms with Crippen LogP contribution in [0, 0.1) is 5.92 Å². The first kappa shape index (κ1) is 15.5. The van der Waals surface area contributed by atoms with Gasteiger partial charge in [-0.3, -0.25) is 4.79 Å². The van der Waals surface area contributed by atoms with Crippen LogP contribution in [0.4, 0.5) is 0 Å². The number of methoxy groups -OCH3 is 1. The van der Waals surface area contributed by atoms with Crippen LogP contribution in [-0.2, 0) is 9.53 Å². The number of thiophene rings is 1. The van der Waals surface area contributed by atoms with Gasteiger partial charge in [0.05, 0.1) is 19.6 Å². The maximum absolute atomic E-state index is 11.6. The van der Waals surface area contributed by atoms with Crippen molar-refractivity contribution in [3.63, 3.8) is 0 Å². The number of hydrogen-bond donors (Lipinski definition) is 1. The summed E-state index contributed by atoms with van der Waals surface area (Å²) < 4.78 is 4.82. The zero-order valence-corrected chi connectivity index (χ0v) is 13.1. The fraction of sp³-hybridized carbons (Fsp3) is 0.688. The Balaban J connectivity index is 1.88. The Bertz CT molecular complexity index is 383. The smallest absolute Gasteiger partial charge is 0.307 e. The maximum atomic E-state index is 11.6. The minimum Gasteiger partial charge on any atom is -0.469 e. The van der Waals surface area contributed by atoms with E-state index in [-0.39, 0.29) is 12.0 Å². The van der Waals surface area contributed by atoms with Gasteiger partial charge in [0.15, 0.2) is 0 Å². The van der Waals surface area contributed by atoms with E-state index in [4.69, 9.17) is 4.74 Å². The molecule has 1 heterocycles. The SMILES string of the molecule is COC(=O)CC(NCC1CCCCCC1)c1cccs1. The molecule has 1 aliphatic carbocycles. The molecule has 112 valence electrons. The average Bonchev–Trinajstić information content (AvgIpc) is 2.87. The number of esters is 1. The van der Waals surface area contributed by atoms with Crippen molar-refractivity contribution in [1.82, 2.24) is 5.32 Å². The van der Waals surface area contributed by atoms with Crippen LogP contribution in [0.25, 0.3) is 0 Å². The number of carbonyl (C=O) groups excluding carboxylic acids is 1. The molecule has 1 saturated carbocycles. The van der Waals surface area contributed by atoms with Gasteiger partial charge < -0.3 is 10.1 Å². The number of carbonyl (C=O) groups is 1. The van der Waals surface area contributed by atoms with Crippen molar-refractivity contribution in [3.8, 4) is 0 Å². The molecule has 0 saturated heterocycles. The average molecular weight is 295 g/mol. The van der Waals surface area contributed by atoms with Crippen molar-refractivity contribution < 1.29 is 9.53 Å². The molecule has 1 N–H and O–H groups in total. The number of nitrogens with one attached hydrogen (secondary N) is 1. The summed E-state index contributed by atoms with van der Waals surface area (Å²) in [6, 6.07) is 4.24. The summed E-state index contributed by atoms with van der Waals surface area (Å²) in [5, 5.41) is 5.66. The molecule has 0 aliphatic heterocycles. The van der Waals surface area contributed by atoms with Gasteiger partial charge >= 0.3 is 5.97 Å². The van der Waals surface area contributed by atoms with Gasteiger partial charge in [-0.2, -0.15) is 0 Å². The van der Waals surface area contributed by atoms with E-state index in [1.807, 2.05) is 6.07 Å². The van der Waals surface area contributed by atoms with Crippen molar-refractivity contribution in [3.05, 3.63) is 22.4 Å². The largest absolute Gasteiger partial charge is 0.469 e. The van der Waals surface area contributed by atoms with Crippen LogP contribution >= 0.6 is 11.3 Å². The van der Waals surface area contributed by atoms with Crippen LogP contribution in [0.5, 0.6) is 0 Å². The van der Waals surface area contributed by atoms with E-state index < -0.39 is 0 Å². The molecule has 2 rings (SSSR count). The lowest BCUT2D eigenvalue weighted by Gasteiger charge is -2.21. The third-order valence-electron chi connectivity index (χ3n) is 4.11. The molecular weight excluding hydrogens is 270 g/mol. The highest BCUT2D eigenvalue weighted by atomic mass is 32.1. The van der Waals surface area contributed by atoms with Gasteiger partial charge in [-0.25, -0.2) is 0 Å². The first-order chi connectivity index (χ1) is 9.79. The molecule has 1 atom stereocenters. The Morgan fingerprint density at radius 3 is 2.75 bits per heavy atom. The van der Waals surface area contributed by atoms with Crippen LogP contribution in [0.1, 0.15) is 55.9 Å². The molecule has 1 unspecified atom stereocenters. The highest BCUT2D eigenvalue weighted by molar-refractivity contribution is 7.10. The predicted molar refractivity (Wildman–Crippen MR) is 82.9 cm³/mol. The first-order valence-electron chi connectivity index (χ1n) is 7.63. The summed E-state index contributed by atoms with van der Waals surface area (Å²) >= 11 is 1.70. The van der Waals surface area contributed by atoms with Crippen molar-refractivity contribution in [1.29, 1.82) is 0 Å². The van der Waals surface area contributed by atoms with Crippen molar-refractivity contribution in [2.75, 3.05) is 13.7 Å². The second-order valence-corrected chi connectivity index (χ2v) is 6.59. The molecule has 1 fully saturated rings. The monoisotopic (exact) mass is 295 g/mol. The Labute approximate surface area is 125 Å². The van der Waals surface area contributed by atoms with E-state index in [2.05, 4.69) is 16.8 Å². The minimum atomic E-state index is -0.142. The molecule has 0 aromatic carbocycles. The van der Waals surface area contributed by atoms with Gasteiger partial charge in [0.25, 0.3) is 0 Å². The van der Waals surface area contributed by atoms with Crippen LogP contribution < -0.4 is 5.32 Å². The molecule has 1 aromatic rings. The van der Waals surface area contributed by atoms with Gasteiger partial charge in [-0.15, -0.1) is 11.3 Å². The Morgan fingerprint density at radius 1 is 1.40 bits per heavy atom.